The summed E-state index contributed by atoms with van der Waals surface area (Å²) in [6.45, 7) is 7.16. The monoisotopic (exact) mass is 294 g/mol. The van der Waals surface area contributed by atoms with Crippen molar-refractivity contribution in [2.24, 2.45) is 0 Å². The topological polar surface area (TPSA) is 43.8 Å². The van der Waals surface area contributed by atoms with Gasteiger partial charge in [0.1, 0.15) is 5.82 Å². The number of hydrogen-bond acceptors (Lipinski definition) is 4. The molecule has 1 aliphatic heterocycles. The van der Waals surface area contributed by atoms with Crippen LogP contribution in [0.2, 0.25) is 0 Å². The molecule has 0 aromatic heterocycles. The van der Waals surface area contributed by atoms with Gasteiger partial charge < -0.3 is 10.0 Å². The molecule has 1 fully saturated rings. The molecule has 21 heavy (non-hydrogen) atoms. The van der Waals surface area contributed by atoms with Gasteiger partial charge in [-0.15, -0.1) is 0 Å². The first-order chi connectivity index (χ1) is 10.0. The van der Waals surface area contributed by atoms with Crippen LogP contribution in [0.3, 0.4) is 0 Å². The van der Waals surface area contributed by atoms with Crippen molar-refractivity contribution in [3.63, 3.8) is 0 Å². The summed E-state index contributed by atoms with van der Waals surface area (Å²) in [6.07, 6.45) is 0.463. The third kappa shape index (κ3) is 4.02. The van der Waals surface area contributed by atoms with Crippen molar-refractivity contribution < 1.29 is 14.3 Å². The molecule has 0 aliphatic carbocycles. The van der Waals surface area contributed by atoms with E-state index in [-0.39, 0.29) is 17.7 Å². The van der Waals surface area contributed by atoms with Gasteiger partial charge in [-0.1, -0.05) is 6.92 Å². The number of anilines is 1. The Morgan fingerprint density at radius 3 is 2.52 bits per heavy atom. The molecule has 1 aromatic carbocycles. The van der Waals surface area contributed by atoms with E-state index in [0.717, 1.165) is 32.6 Å². The molecule has 4 nitrogen and oxygen atoms in total. The third-order valence-electron chi connectivity index (χ3n) is 4.01. The lowest BCUT2D eigenvalue weighted by molar-refractivity contribution is 0.101. The van der Waals surface area contributed by atoms with E-state index in [4.69, 9.17) is 0 Å². The Labute approximate surface area is 125 Å². The van der Waals surface area contributed by atoms with Crippen LogP contribution >= 0.6 is 0 Å². The minimum absolute atomic E-state index is 0.126. The van der Waals surface area contributed by atoms with Crippen LogP contribution < -0.4 is 4.90 Å². The van der Waals surface area contributed by atoms with Crippen LogP contribution in [0.15, 0.2) is 18.2 Å². The molecule has 5 heteroatoms. The van der Waals surface area contributed by atoms with Crippen molar-refractivity contribution in [2.45, 2.75) is 26.4 Å². The molecule has 116 valence electrons. The maximum Gasteiger partial charge on any atom is 0.159 e. The summed E-state index contributed by atoms with van der Waals surface area (Å²) in [6, 6.07) is 4.67. The first kappa shape index (κ1) is 15.9. The Morgan fingerprint density at radius 1 is 1.33 bits per heavy atom. The van der Waals surface area contributed by atoms with Crippen molar-refractivity contribution in [2.75, 3.05) is 37.6 Å². The average Bonchev–Trinajstić information content (AvgIpc) is 2.48. The number of nitrogens with zero attached hydrogens (tertiary/aromatic N) is 2. The standard InChI is InChI=1S/C16H23FN2O2/c1-3-14(21)11-18-6-8-19(9-7-18)16-5-4-13(12(2)20)10-15(16)17/h4-5,10,14,21H,3,6-9,11H2,1-2H3/t14-/m1/s1. The predicted octanol–water partition coefficient (Wildman–Crippen LogP) is 1.92. The Balaban J connectivity index is 1.97. The molecule has 0 radical (unpaired) electrons. The van der Waals surface area contributed by atoms with Crippen LogP contribution in [0.5, 0.6) is 0 Å². The van der Waals surface area contributed by atoms with Crippen molar-refractivity contribution in [3.05, 3.63) is 29.6 Å². The maximum absolute atomic E-state index is 14.1. The predicted molar refractivity (Wildman–Crippen MR) is 81.4 cm³/mol. The van der Waals surface area contributed by atoms with Gasteiger partial charge in [0.25, 0.3) is 0 Å². The second kappa shape index (κ2) is 7.00. The van der Waals surface area contributed by atoms with E-state index in [1.807, 2.05) is 11.8 Å². The number of aliphatic hydroxyl groups is 1. The average molecular weight is 294 g/mol. The van der Waals surface area contributed by atoms with Gasteiger partial charge in [-0.05, 0) is 31.5 Å². The highest BCUT2D eigenvalue weighted by Crippen LogP contribution is 2.22. The van der Waals surface area contributed by atoms with Gasteiger partial charge in [0.15, 0.2) is 5.78 Å². The molecule has 1 aliphatic rings. The highest BCUT2D eigenvalue weighted by Gasteiger charge is 2.21. The van der Waals surface area contributed by atoms with Gasteiger partial charge >= 0.3 is 0 Å². The van der Waals surface area contributed by atoms with Crippen LogP contribution in [0.4, 0.5) is 10.1 Å². The fourth-order valence-corrected chi connectivity index (χ4v) is 2.58. The summed E-state index contributed by atoms with van der Waals surface area (Å²) in [5, 5.41) is 9.67. The lowest BCUT2D eigenvalue weighted by Gasteiger charge is -2.37. The number of hydrogen-bond donors (Lipinski definition) is 1. The number of carbonyl (C=O) groups excluding carboxylic acids is 1. The van der Waals surface area contributed by atoms with Crippen LogP contribution in [-0.2, 0) is 0 Å². The lowest BCUT2D eigenvalue weighted by Crippen LogP contribution is -2.48. The third-order valence-corrected chi connectivity index (χ3v) is 4.01. The van der Waals surface area contributed by atoms with E-state index in [2.05, 4.69) is 4.90 Å². The number of carbonyl (C=O) groups is 1. The molecular formula is C16H23FN2O2. The number of β-amino-alcohol motifs (C(OH)–C–C–N with tert-alkyl or cyclic N) is 1. The van der Waals surface area contributed by atoms with E-state index in [9.17, 15) is 14.3 Å². The largest absolute Gasteiger partial charge is 0.392 e. The van der Waals surface area contributed by atoms with Crippen LogP contribution in [0, 0.1) is 5.82 Å². The van der Waals surface area contributed by atoms with E-state index in [1.54, 1.807) is 12.1 Å². The van der Waals surface area contributed by atoms with Crippen LogP contribution in [0.25, 0.3) is 0 Å². The van der Waals surface area contributed by atoms with Crippen molar-refractivity contribution >= 4 is 11.5 Å². The molecule has 1 saturated heterocycles. The highest BCUT2D eigenvalue weighted by molar-refractivity contribution is 5.94. The zero-order valence-corrected chi connectivity index (χ0v) is 12.7. The second-order valence-corrected chi connectivity index (χ2v) is 5.57. The van der Waals surface area contributed by atoms with Gasteiger partial charge in [-0.2, -0.15) is 0 Å². The molecule has 1 heterocycles. The van der Waals surface area contributed by atoms with Gasteiger partial charge in [0.2, 0.25) is 0 Å². The van der Waals surface area contributed by atoms with Crippen molar-refractivity contribution in [1.29, 1.82) is 0 Å². The van der Waals surface area contributed by atoms with Gasteiger partial charge in [-0.3, -0.25) is 9.69 Å². The fourth-order valence-electron chi connectivity index (χ4n) is 2.58. The summed E-state index contributed by atoms with van der Waals surface area (Å²) in [5.74, 6) is -0.469. The quantitative estimate of drug-likeness (QED) is 0.843. The van der Waals surface area contributed by atoms with Gasteiger partial charge in [-0.25, -0.2) is 4.39 Å². The van der Waals surface area contributed by atoms with E-state index in [0.29, 0.717) is 17.8 Å². The molecule has 1 N–H and O–H groups in total. The number of Topliss-reactive ketones (excluding diaryl/α,β-unsaturated/α-hetero) is 1. The normalized spacial score (nSPS) is 17.8. The molecule has 0 spiro atoms. The zero-order valence-electron chi connectivity index (χ0n) is 12.7. The van der Waals surface area contributed by atoms with Crippen LogP contribution in [-0.4, -0.2) is 54.6 Å². The Morgan fingerprint density at radius 2 is 2.00 bits per heavy atom. The summed E-state index contributed by atoms with van der Waals surface area (Å²) in [4.78, 5) is 15.4. The maximum atomic E-state index is 14.1. The molecule has 1 aromatic rings. The molecule has 0 unspecified atom stereocenters. The Kier molecular flexibility index (Phi) is 5.31. The van der Waals surface area contributed by atoms with E-state index < -0.39 is 0 Å². The number of halogens is 1. The molecular weight excluding hydrogens is 271 g/mol. The molecule has 0 bridgehead atoms. The van der Waals surface area contributed by atoms with E-state index >= 15 is 0 Å². The summed E-state index contributed by atoms with van der Waals surface area (Å²) >= 11 is 0. The Hall–Kier alpha value is -1.46. The van der Waals surface area contributed by atoms with Gasteiger partial charge in [0.05, 0.1) is 11.8 Å². The molecule has 0 saturated carbocycles. The number of rotatable bonds is 5. The van der Waals surface area contributed by atoms with E-state index in [1.165, 1.54) is 13.0 Å². The van der Waals surface area contributed by atoms with Crippen molar-refractivity contribution in [1.82, 2.24) is 4.90 Å². The molecule has 1 atom stereocenters. The number of aliphatic hydroxyl groups excluding tert-OH is 1. The van der Waals surface area contributed by atoms with Crippen LogP contribution in [0.1, 0.15) is 30.6 Å². The number of ketones is 1. The number of piperazine rings is 1. The summed E-state index contributed by atoms with van der Waals surface area (Å²) in [7, 11) is 0. The minimum Gasteiger partial charge on any atom is -0.392 e. The number of benzene rings is 1. The molecule has 0 amide bonds. The smallest absolute Gasteiger partial charge is 0.159 e. The zero-order chi connectivity index (χ0) is 15.4. The first-order valence-electron chi connectivity index (χ1n) is 7.47. The van der Waals surface area contributed by atoms with Crippen molar-refractivity contribution in [3.8, 4) is 0 Å². The Bertz CT molecular complexity index is 499. The second-order valence-electron chi connectivity index (χ2n) is 5.57. The summed E-state index contributed by atoms with van der Waals surface area (Å²) < 4.78 is 14.1. The first-order valence-corrected chi connectivity index (χ1v) is 7.47. The SMILES string of the molecule is CC[C@@H](O)CN1CCN(c2ccc(C(C)=O)cc2F)CC1. The van der Waals surface area contributed by atoms with Gasteiger partial charge in [0, 0.05) is 38.3 Å². The minimum atomic E-state index is -0.343. The molecule has 2 rings (SSSR count). The fraction of sp³-hybridized carbons (Fsp3) is 0.562. The lowest BCUT2D eigenvalue weighted by atomic mass is 10.1. The highest BCUT2D eigenvalue weighted by atomic mass is 19.1. The summed E-state index contributed by atoms with van der Waals surface area (Å²) in [5.41, 5.74) is 0.955.